The minimum absolute atomic E-state index is 0.121. The maximum atomic E-state index is 6.63. The third-order valence-corrected chi connectivity index (χ3v) is 4.77. The molecule has 2 N–H and O–H groups in total. The molecule has 2 heteroatoms. The van der Waals surface area contributed by atoms with Gasteiger partial charge < -0.3 is 10.5 Å². The molecular formula is C13H25NO. The molecule has 2 nitrogen and oxygen atoms in total. The molecule has 0 aromatic carbocycles. The van der Waals surface area contributed by atoms with Crippen LogP contribution in [0, 0.1) is 17.8 Å². The zero-order valence-corrected chi connectivity index (χ0v) is 10.2. The van der Waals surface area contributed by atoms with Crippen LogP contribution in [-0.4, -0.2) is 18.8 Å². The SMILES string of the molecule is CC1CCC(N)(C2CCOCC2)CC1C. The first-order chi connectivity index (χ1) is 7.12. The van der Waals surface area contributed by atoms with E-state index in [2.05, 4.69) is 13.8 Å². The standard InChI is InChI=1S/C13H25NO/c1-10-3-6-13(14,9-11(10)2)12-4-7-15-8-5-12/h10-12H,3-9,14H2,1-2H3. The van der Waals surface area contributed by atoms with E-state index in [1.54, 1.807) is 0 Å². The van der Waals surface area contributed by atoms with Crippen LogP contribution in [-0.2, 0) is 4.74 Å². The molecule has 2 rings (SSSR count). The van der Waals surface area contributed by atoms with Crippen LogP contribution in [0.3, 0.4) is 0 Å². The molecule has 1 saturated heterocycles. The van der Waals surface area contributed by atoms with Crippen molar-refractivity contribution in [1.29, 1.82) is 0 Å². The van der Waals surface area contributed by atoms with E-state index in [1.807, 2.05) is 0 Å². The highest BCUT2D eigenvalue weighted by atomic mass is 16.5. The van der Waals surface area contributed by atoms with Crippen molar-refractivity contribution in [1.82, 2.24) is 0 Å². The van der Waals surface area contributed by atoms with Crippen LogP contribution < -0.4 is 5.73 Å². The van der Waals surface area contributed by atoms with Crippen molar-refractivity contribution < 1.29 is 4.74 Å². The highest BCUT2D eigenvalue weighted by Crippen LogP contribution is 2.41. The molecular weight excluding hydrogens is 186 g/mol. The van der Waals surface area contributed by atoms with Crippen LogP contribution in [0.5, 0.6) is 0 Å². The predicted octanol–water partition coefficient (Wildman–Crippen LogP) is 2.57. The maximum absolute atomic E-state index is 6.63. The molecule has 15 heavy (non-hydrogen) atoms. The smallest absolute Gasteiger partial charge is 0.0469 e. The van der Waals surface area contributed by atoms with Crippen LogP contribution >= 0.6 is 0 Å². The van der Waals surface area contributed by atoms with E-state index in [0.717, 1.165) is 25.0 Å². The van der Waals surface area contributed by atoms with E-state index in [4.69, 9.17) is 10.5 Å². The lowest BCUT2D eigenvalue weighted by atomic mass is 9.65. The Bertz CT molecular complexity index is 213. The summed E-state index contributed by atoms with van der Waals surface area (Å²) in [5.74, 6) is 2.37. The van der Waals surface area contributed by atoms with E-state index in [0.29, 0.717) is 5.92 Å². The average Bonchev–Trinajstić information content (AvgIpc) is 2.26. The van der Waals surface area contributed by atoms with Crippen molar-refractivity contribution in [3.8, 4) is 0 Å². The van der Waals surface area contributed by atoms with Gasteiger partial charge in [-0.05, 0) is 49.9 Å². The largest absolute Gasteiger partial charge is 0.381 e. The van der Waals surface area contributed by atoms with Crippen LogP contribution in [0.4, 0.5) is 0 Å². The Morgan fingerprint density at radius 2 is 1.73 bits per heavy atom. The lowest BCUT2D eigenvalue weighted by Gasteiger charge is -2.46. The molecule has 1 aliphatic heterocycles. The van der Waals surface area contributed by atoms with E-state index >= 15 is 0 Å². The summed E-state index contributed by atoms with van der Waals surface area (Å²) in [6.07, 6.45) is 6.12. The molecule has 88 valence electrons. The third kappa shape index (κ3) is 2.36. The van der Waals surface area contributed by atoms with Gasteiger partial charge >= 0.3 is 0 Å². The average molecular weight is 211 g/mol. The summed E-state index contributed by atoms with van der Waals surface area (Å²) in [6.45, 7) is 6.58. The maximum Gasteiger partial charge on any atom is 0.0469 e. The molecule has 0 amide bonds. The van der Waals surface area contributed by atoms with Crippen molar-refractivity contribution in [2.24, 2.45) is 23.5 Å². The Kier molecular flexibility index (Phi) is 3.36. The van der Waals surface area contributed by atoms with Gasteiger partial charge in [0.25, 0.3) is 0 Å². The summed E-state index contributed by atoms with van der Waals surface area (Å²) < 4.78 is 5.43. The second kappa shape index (κ2) is 4.42. The fourth-order valence-electron chi connectivity index (χ4n) is 3.33. The van der Waals surface area contributed by atoms with Crippen LogP contribution in [0.2, 0.25) is 0 Å². The molecule has 1 heterocycles. The van der Waals surface area contributed by atoms with Crippen molar-refractivity contribution in [3.05, 3.63) is 0 Å². The van der Waals surface area contributed by atoms with Gasteiger partial charge in [-0.25, -0.2) is 0 Å². The van der Waals surface area contributed by atoms with Crippen molar-refractivity contribution >= 4 is 0 Å². The zero-order chi connectivity index (χ0) is 10.9. The first-order valence-corrected chi connectivity index (χ1v) is 6.48. The summed E-state index contributed by atoms with van der Waals surface area (Å²) in [5.41, 5.74) is 6.75. The molecule has 0 aromatic rings. The van der Waals surface area contributed by atoms with Gasteiger partial charge in [0.2, 0.25) is 0 Å². The number of ether oxygens (including phenoxy) is 1. The Labute approximate surface area is 93.6 Å². The lowest BCUT2D eigenvalue weighted by Crippen LogP contribution is -2.53. The van der Waals surface area contributed by atoms with Crippen molar-refractivity contribution in [2.45, 2.75) is 51.5 Å². The number of hydrogen-bond donors (Lipinski definition) is 1. The third-order valence-electron chi connectivity index (χ3n) is 4.77. The Morgan fingerprint density at radius 1 is 1.07 bits per heavy atom. The van der Waals surface area contributed by atoms with Gasteiger partial charge in [0.1, 0.15) is 0 Å². The monoisotopic (exact) mass is 211 g/mol. The van der Waals surface area contributed by atoms with Gasteiger partial charge in [-0.3, -0.25) is 0 Å². The minimum atomic E-state index is 0.121. The highest BCUT2D eigenvalue weighted by Gasteiger charge is 2.40. The highest BCUT2D eigenvalue weighted by molar-refractivity contribution is 4.97. The Hall–Kier alpha value is -0.0800. The van der Waals surface area contributed by atoms with Crippen molar-refractivity contribution in [2.75, 3.05) is 13.2 Å². The van der Waals surface area contributed by atoms with Gasteiger partial charge in [-0.1, -0.05) is 13.8 Å². The lowest BCUT2D eigenvalue weighted by molar-refractivity contribution is 0.0154. The normalized spacial score (nSPS) is 44.2. The summed E-state index contributed by atoms with van der Waals surface area (Å²) >= 11 is 0. The molecule has 3 unspecified atom stereocenters. The molecule has 1 aliphatic carbocycles. The van der Waals surface area contributed by atoms with Crippen LogP contribution in [0.25, 0.3) is 0 Å². The Balaban J connectivity index is 1.99. The first kappa shape index (κ1) is 11.4. The second-order valence-corrected chi connectivity index (χ2v) is 5.82. The van der Waals surface area contributed by atoms with Gasteiger partial charge in [-0.2, -0.15) is 0 Å². The number of nitrogens with two attached hydrogens (primary N) is 1. The zero-order valence-electron chi connectivity index (χ0n) is 10.2. The second-order valence-electron chi connectivity index (χ2n) is 5.82. The van der Waals surface area contributed by atoms with E-state index in [9.17, 15) is 0 Å². The number of hydrogen-bond acceptors (Lipinski definition) is 2. The summed E-state index contributed by atoms with van der Waals surface area (Å²) in [4.78, 5) is 0. The molecule has 3 atom stereocenters. The van der Waals surface area contributed by atoms with Crippen molar-refractivity contribution in [3.63, 3.8) is 0 Å². The molecule has 0 spiro atoms. The predicted molar refractivity (Wildman–Crippen MR) is 62.6 cm³/mol. The molecule has 0 bridgehead atoms. The van der Waals surface area contributed by atoms with E-state index in [-0.39, 0.29) is 5.54 Å². The topological polar surface area (TPSA) is 35.2 Å². The fourth-order valence-corrected chi connectivity index (χ4v) is 3.33. The summed E-state index contributed by atoms with van der Waals surface area (Å²) in [5, 5.41) is 0. The van der Waals surface area contributed by atoms with Gasteiger partial charge in [0.05, 0.1) is 0 Å². The first-order valence-electron chi connectivity index (χ1n) is 6.48. The molecule has 2 aliphatic rings. The molecule has 1 saturated carbocycles. The van der Waals surface area contributed by atoms with Gasteiger partial charge in [0.15, 0.2) is 0 Å². The summed E-state index contributed by atoms with van der Waals surface area (Å²) in [7, 11) is 0. The minimum Gasteiger partial charge on any atom is -0.381 e. The molecule has 2 fully saturated rings. The fraction of sp³-hybridized carbons (Fsp3) is 1.00. The van der Waals surface area contributed by atoms with Crippen LogP contribution in [0.1, 0.15) is 46.0 Å². The van der Waals surface area contributed by atoms with Gasteiger partial charge in [0, 0.05) is 18.8 Å². The van der Waals surface area contributed by atoms with E-state index < -0.39 is 0 Å². The van der Waals surface area contributed by atoms with E-state index in [1.165, 1.54) is 32.1 Å². The quantitative estimate of drug-likeness (QED) is 0.723. The molecule has 0 aromatic heterocycles. The molecule has 0 radical (unpaired) electrons. The van der Waals surface area contributed by atoms with Gasteiger partial charge in [-0.15, -0.1) is 0 Å². The van der Waals surface area contributed by atoms with Crippen LogP contribution in [0.15, 0.2) is 0 Å². The Morgan fingerprint density at radius 3 is 2.33 bits per heavy atom. The summed E-state index contributed by atoms with van der Waals surface area (Å²) in [6, 6.07) is 0. The number of rotatable bonds is 1.